The molecule has 8 nitrogen and oxygen atoms in total. The lowest BCUT2D eigenvalue weighted by molar-refractivity contribution is -0.119. The normalized spacial score (nSPS) is 11.3. The summed E-state index contributed by atoms with van der Waals surface area (Å²) in [5.41, 5.74) is 4.30. The van der Waals surface area contributed by atoms with Crippen molar-refractivity contribution in [2.24, 2.45) is 5.10 Å². The number of hydrogen-bond acceptors (Lipinski definition) is 6. The van der Waals surface area contributed by atoms with Crippen LogP contribution in [-0.2, 0) is 14.8 Å². The largest absolute Gasteiger partial charge is 0.493 e. The van der Waals surface area contributed by atoms with Crippen molar-refractivity contribution in [2.45, 2.75) is 11.8 Å². The first-order chi connectivity index (χ1) is 16.3. The highest BCUT2D eigenvalue weighted by molar-refractivity contribution is 9.10. The highest BCUT2D eigenvalue weighted by atomic mass is 79.9. The zero-order valence-corrected chi connectivity index (χ0v) is 21.3. The van der Waals surface area contributed by atoms with E-state index in [1.54, 1.807) is 24.3 Å². The smallest absolute Gasteiger partial charge is 0.264 e. The number of hydrogen-bond donors (Lipinski definition) is 1. The number of anilines is 1. The number of benzene rings is 3. The van der Waals surface area contributed by atoms with Gasteiger partial charge in [-0.15, -0.1) is 0 Å². The molecule has 178 valence electrons. The van der Waals surface area contributed by atoms with Gasteiger partial charge in [0.2, 0.25) is 0 Å². The number of carbonyl (C=O) groups excluding carboxylic acids is 1. The number of ether oxygens (including phenoxy) is 2. The molecule has 3 aromatic rings. The summed E-state index contributed by atoms with van der Waals surface area (Å²) >= 11 is 3.40. The van der Waals surface area contributed by atoms with Crippen molar-refractivity contribution in [3.63, 3.8) is 0 Å². The first-order valence-electron chi connectivity index (χ1n) is 10.1. The van der Waals surface area contributed by atoms with Gasteiger partial charge >= 0.3 is 0 Å². The van der Waals surface area contributed by atoms with Crippen LogP contribution in [-0.4, -0.2) is 41.3 Å². The maximum Gasteiger partial charge on any atom is 0.264 e. The van der Waals surface area contributed by atoms with Gasteiger partial charge in [-0.05, 0) is 37.3 Å². The van der Waals surface area contributed by atoms with Crippen molar-refractivity contribution in [3.05, 3.63) is 82.3 Å². The topological polar surface area (TPSA) is 97.3 Å². The predicted octanol–water partition coefficient (Wildman–Crippen LogP) is 4.12. The van der Waals surface area contributed by atoms with E-state index in [9.17, 15) is 13.2 Å². The Morgan fingerprint density at radius 3 is 2.35 bits per heavy atom. The molecule has 0 heterocycles. The lowest BCUT2D eigenvalue weighted by atomic mass is 10.2. The van der Waals surface area contributed by atoms with Crippen LogP contribution < -0.4 is 19.2 Å². The number of nitrogens with one attached hydrogen (secondary N) is 1. The van der Waals surface area contributed by atoms with Crippen LogP contribution in [0.5, 0.6) is 11.5 Å². The van der Waals surface area contributed by atoms with Crippen LogP contribution in [0.15, 0.2) is 81.2 Å². The van der Waals surface area contributed by atoms with E-state index < -0.39 is 22.5 Å². The van der Waals surface area contributed by atoms with E-state index in [2.05, 4.69) is 26.5 Å². The summed E-state index contributed by atoms with van der Waals surface area (Å²) < 4.78 is 39.4. The second-order valence-corrected chi connectivity index (χ2v) is 9.90. The highest BCUT2D eigenvalue weighted by Gasteiger charge is 2.28. The zero-order chi connectivity index (χ0) is 24.7. The van der Waals surface area contributed by atoms with Crippen LogP contribution in [0.2, 0.25) is 0 Å². The van der Waals surface area contributed by atoms with Crippen molar-refractivity contribution in [1.82, 2.24) is 5.43 Å². The number of methoxy groups -OCH3 is 2. The molecule has 0 aromatic heterocycles. The Labute approximate surface area is 207 Å². The van der Waals surface area contributed by atoms with E-state index in [1.165, 1.54) is 38.6 Å². The molecular formula is C24H24BrN3O5S. The second-order valence-electron chi connectivity index (χ2n) is 7.18. The SMILES string of the molecule is COc1ccc(N(CC(=O)N/N=C\c2ccccc2Br)S(=O)(=O)c2ccc(C)cc2)cc1OC. The monoisotopic (exact) mass is 545 g/mol. The Morgan fingerprint density at radius 1 is 1.03 bits per heavy atom. The fourth-order valence-electron chi connectivity index (χ4n) is 3.05. The highest BCUT2D eigenvalue weighted by Crippen LogP contribution is 2.33. The lowest BCUT2D eigenvalue weighted by Crippen LogP contribution is -2.39. The molecular weight excluding hydrogens is 522 g/mol. The number of aryl methyl sites for hydroxylation is 1. The number of carbonyl (C=O) groups is 1. The second kappa shape index (κ2) is 11.2. The molecule has 34 heavy (non-hydrogen) atoms. The van der Waals surface area contributed by atoms with Crippen LogP contribution in [0.4, 0.5) is 5.69 Å². The molecule has 0 fully saturated rings. The van der Waals surface area contributed by atoms with E-state index >= 15 is 0 Å². The average Bonchev–Trinajstić information content (AvgIpc) is 2.83. The Hall–Kier alpha value is -3.37. The molecule has 0 aliphatic heterocycles. The van der Waals surface area contributed by atoms with Gasteiger partial charge in [0, 0.05) is 16.1 Å². The van der Waals surface area contributed by atoms with Crippen molar-refractivity contribution in [1.29, 1.82) is 0 Å². The van der Waals surface area contributed by atoms with Gasteiger partial charge in [0.05, 0.1) is 31.0 Å². The minimum atomic E-state index is -4.08. The van der Waals surface area contributed by atoms with E-state index in [0.29, 0.717) is 11.5 Å². The fourth-order valence-corrected chi connectivity index (χ4v) is 4.85. The van der Waals surface area contributed by atoms with E-state index in [1.807, 2.05) is 31.2 Å². The summed E-state index contributed by atoms with van der Waals surface area (Å²) in [6, 6.07) is 18.4. The molecule has 0 saturated heterocycles. The first kappa shape index (κ1) is 25.3. The number of amides is 1. The van der Waals surface area contributed by atoms with Gasteiger partial charge in [0.15, 0.2) is 11.5 Å². The van der Waals surface area contributed by atoms with Crippen molar-refractivity contribution in [3.8, 4) is 11.5 Å². The Balaban J connectivity index is 1.92. The quantitative estimate of drug-likeness (QED) is 0.322. The molecule has 3 rings (SSSR count). The van der Waals surface area contributed by atoms with Gasteiger partial charge in [0.25, 0.3) is 15.9 Å². The summed E-state index contributed by atoms with van der Waals surface area (Å²) in [4.78, 5) is 12.8. The van der Waals surface area contributed by atoms with Crippen LogP contribution in [0.1, 0.15) is 11.1 Å². The molecule has 1 N–H and O–H groups in total. The van der Waals surface area contributed by atoms with Crippen molar-refractivity contribution in [2.75, 3.05) is 25.1 Å². The van der Waals surface area contributed by atoms with Crippen LogP contribution >= 0.6 is 15.9 Å². The van der Waals surface area contributed by atoms with Gasteiger partial charge in [-0.2, -0.15) is 5.10 Å². The molecule has 0 atom stereocenters. The van der Waals surface area contributed by atoms with Gasteiger partial charge < -0.3 is 9.47 Å². The molecule has 0 unspecified atom stereocenters. The summed E-state index contributed by atoms with van der Waals surface area (Å²) in [5.74, 6) is 0.145. The third kappa shape index (κ3) is 5.95. The summed E-state index contributed by atoms with van der Waals surface area (Å²) in [6.45, 7) is 1.36. The predicted molar refractivity (Wildman–Crippen MR) is 135 cm³/mol. The summed E-state index contributed by atoms with van der Waals surface area (Å²) in [5, 5.41) is 3.96. The van der Waals surface area contributed by atoms with Crippen molar-refractivity contribution >= 4 is 43.8 Å². The minimum Gasteiger partial charge on any atom is -0.493 e. The number of hydrazone groups is 1. The molecule has 3 aromatic carbocycles. The number of halogens is 1. The van der Waals surface area contributed by atoms with E-state index in [4.69, 9.17) is 9.47 Å². The van der Waals surface area contributed by atoms with Gasteiger partial charge in [0.1, 0.15) is 6.54 Å². The third-order valence-electron chi connectivity index (χ3n) is 4.85. The van der Waals surface area contributed by atoms with Crippen molar-refractivity contribution < 1.29 is 22.7 Å². The minimum absolute atomic E-state index is 0.0532. The molecule has 0 aliphatic rings. The molecule has 0 bridgehead atoms. The van der Waals surface area contributed by atoms with Crippen LogP contribution in [0.25, 0.3) is 0 Å². The van der Waals surface area contributed by atoms with Gasteiger partial charge in [-0.1, -0.05) is 51.8 Å². The number of rotatable bonds is 9. The standard InChI is InChI=1S/C24H24BrN3O5S/c1-17-8-11-20(12-9-17)34(30,31)28(19-10-13-22(32-2)23(14-19)33-3)16-24(29)27-26-15-18-6-4-5-7-21(18)25/h4-15H,16H2,1-3H3,(H,27,29)/b26-15-. The van der Waals surface area contributed by atoms with Gasteiger partial charge in [-0.3, -0.25) is 9.10 Å². The molecule has 10 heteroatoms. The molecule has 0 radical (unpaired) electrons. The maximum absolute atomic E-state index is 13.5. The van der Waals surface area contributed by atoms with Gasteiger partial charge in [-0.25, -0.2) is 13.8 Å². The zero-order valence-electron chi connectivity index (χ0n) is 18.9. The molecule has 1 amide bonds. The molecule has 0 spiro atoms. The summed E-state index contributed by atoms with van der Waals surface area (Å²) in [6.07, 6.45) is 1.47. The Morgan fingerprint density at radius 2 is 1.71 bits per heavy atom. The van der Waals surface area contributed by atoms with Crippen LogP contribution in [0.3, 0.4) is 0 Å². The Bertz CT molecular complexity index is 1290. The molecule has 0 saturated carbocycles. The lowest BCUT2D eigenvalue weighted by Gasteiger charge is -2.24. The first-order valence-corrected chi connectivity index (χ1v) is 12.4. The fraction of sp³-hybridized carbons (Fsp3) is 0.167. The Kier molecular flexibility index (Phi) is 8.30. The van der Waals surface area contributed by atoms with E-state index in [-0.39, 0.29) is 10.6 Å². The maximum atomic E-state index is 13.5. The number of nitrogens with zero attached hydrogens (tertiary/aromatic N) is 2. The molecule has 0 aliphatic carbocycles. The van der Waals surface area contributed by atoms with Crippen LogP contribution in [0, 0.1) is 6.92 Å². The number of sulfonamides is 1. The van der Waals surface area contributed by atoms with E-state index in [0.717, 1.165) is 19.9 Å². The third-order valence-corrected chi connectivity index (χ3v) is 7.36. The average molecular weight is 546 g/mol. The summed E-state index contributed by atoms with van der Waals surface area (Å²) in [7, 11) is -1.15.